The molecule has 1 nitrogen and oxygen atoms in total. The van der Waals surface area contributed by atoms with Crippen molar-refractivity contribution >= 4 is 0 Å². The van der Waals surface area contributed by atoms with Crippen LogP contribution in [0.1, 0.15) is 43.2 Å². The van der Waals surface area contributed by atoms with Gasteiger partial charge in [-0.15, -0.1) is 0 Å². The van der Waals surface area contributed by atoms with Crippen LogP contribution in [0.25, 0.3) is 0 Å². The molecule has 1 fully saturated rings. The molecule has 1 aliphatic rings. The second kappa shape index (κ2) is 4.54. The van der Waals surface area contributed by atoms with Crippen molar-refractivity contribution in [2.24, 2.45) is 5.73 Å². The third-order valence-corrected chi connectivity index (χ3v) is 4.04. The highest BCUT2D eigenvalue weighted by atomic mass is 19.1. The Kier molecular flexibility index (Phi) is 3.29. The summed E-state index contributed by atoms with van der Waals surface area (Å²) in [4.78, 5) is 0. The van der Waals surface area contributed by atoms with Crippen molar-refractivity contribution in [3.8, 4) is 0 Å². The molecule has 2 N–H and O–H groups in total. The Labute approximate surface area is 96.9 Å². The van der Waals surface area contributed by atoms with E-state index in [2.05, 4.69) is 6.07 Å². The van der Waals surface area contributed by atoms with Gasteiger partial charge >= 0.3 is 0 Å². The van der Waals surface area contributed by atoms with Gasteiger partial charge in [0, 0.05) is 12.0 Å². The van der Waals surface area contributed by atoms with Gasteiger partial charge in [-0.25, -0.2) is 4.39 Å². The van der Waals surface area contributed by atoms with E-state index in [0.29, 0.717) is 6.54 Å². The van der Waals surface area contributed by atoms with Gasteiger partial charge in [0.15, 0.2) is 0 Å². The molecule has 2 heteroatoms. The number of benzene rings is 1. The maximum absolute atomic E-state index is 13.6. The lowest BCUT2D eigenvalue weighted by Gasteiger charge is -2.38. The summed E-state index contributed by atoms with van der Waals surface area (Å²) in [5, 5.41) is 0. The summed E-state index contributed by atoms with van der Waals surface area (Å²) in [7, 11) is 0. The largest absolute Gasteiger partial charge is 0.330 e. The van der Waals surface area contributed by atoms with Gasteiger partial charge in [0.05, 0.1) is 0 Å². The third kappa shape index (κ3) is 1.86. The fourth-order valence-electron chi connectivity index (χ4n) is 2.99. The molecular formula is C14H20FN. The van der Waals surface area contributed by atoms with Gasteiger partial charge in [-0.3, -0.25) is 0 Å². The molecule has 0 heterocycles. The maximum atomic E-state index is 13.6. The van der Waals surface area contributed by atoms with E-state index in [0.717, 1.165) is 24.0 Å². The highest BCUT2D eigenvalue weighted by Gasteiger charge is 2.34. The minimum Gasteiger partial charge on any atom is -0.330 e. The van der Waals surface area contributed by atoms with Gasteiger partial charge in [-0.05, 0) is 37.0 Å². The molecule has 0 atom stereocenters. The van der Waals surface area contributed by atoms with Gasteiger partial charge in [0.2, 0.25) is 0 Å². The normalized spacial score (nSPS) is 19.7. The molecule has 0 aliphatic heterocycles. The topological polar surface area (TPSA) is 26.0 Å². The van der Waals surface area contributed by atoms with Crippen LogP contribution in [0.5, 0.6) is 0 Å². The van der Waals surface area contributed by atoms with E-state index in [4.69, 9.17) is 5.73 Å². The molecule has 1 aromatic rings. The van der Waals surface area contributed by atoms with Crippen LogP contribution in [-0.2, 0) is 5.41 Å². The third-order valence-electron chi connectivity index (χ3n) is 4.04. The van der Waals surface area contributed by atoms with E-state index in [1.54, 1.807) is 0 Å². The number of hydrogen-bond donors (Lipinski definition) is 1. The summed E-state index contributed by atoms with van der Waals surface area (Å²) in [6.07, 6.45) is 5.93. The smallest absolute Gasteiger partial charge is 0.126 e. The monoisotopic (exact) mass is 221 g/mol. The van der Waals surface area contributed by atoms with E-state index >= 15 is 0 Å². The predicted octanol–water partition coefficient (Wildman–Crippen LogP) is 3.29. The minimum atomic E-state index is -0.101. The summed E-state index contributed by atoms with van der Waals surface area (Å²) in [5.41, 5.74) is 7.92. The second-order valence-corrected chi connectivity index (χ2v) is 4.96. The maximum Gasteiger partial charge on any atom is 0.126 e. The Bertz CT molecular complexity index is 367. The van der Waals surface area contributed by atoms with Gasteiger partial charge in [-0.2, -0.15) is 0 Å². The van der Waals surface area contributed by atoms with Crippen molar-refractivity contribution in [2.75, 3.05) is 6.54 Å². The lowest BCUT2D eigenvalue weighted by atomic mass is 9.68. The zero-order valence-corrected chi connectivity index (χ0v) is 9.93. The Balaban J connectivity index is 2.43. The van der Waals surface area contributed by atoms with Crippen LogP contribution >= 0.6 is 0 Å². The van der Waals surface area contributed by atoms with Gasteiger partial charge < -0.3 is 5.73 Å². The average Bonchev–Trinajstić information content (AvgIpc) is 2.33. The molecule has 16 heavy (non-hydrogen) atoms. The Morgan fingerprint density at radius 3 is 2.56 bits per heavy atom. The standard InChI is InChI=1S/C14H20FN/c1-11-12(6-5-7-13(11)15)14(10-16)8-3-2-4-9-14/h5-7H,2-4,8-10,16H2,1H3. The first kappa shape index (κ1) is 11.6. The lowest BCUT2D eigenvalue weighted by Crippen LogP contribution is -2.37. The van der Waals surface area contributed by atoms with Crippen molar-refractivity contribution in [3.63, 3.8) is 0 Å². The number of hydrogen-bond acceptors (Lipinski definition) is 1. The average molecular weight is 221 g/mol. The van der Waals surface area contributed by atoms with E-state index in [-0.39, 0.29) is 11.2 Å². The Hall–Kier alpha value is -0.890. The van der Waals surface area contributed by atoms with Gasteiger partial charge in [0.25, 0.3) is 0 Å². The molecule has 88 valence electrons. The van der Waals surface area contributed by atoms with E-state index in [1.807, 2.05) is 13.0 Å². The second-order valence-electron chi connectivity index (χ2n) is 4.96. The van der Waals surface area contributed by atoms with Crippen LogP contribution in [0.4, 0.5) is 4.39 Å². The lowest BCUT2D eigenvalue weighted by molar-refractivity contribution is 0.298. The molecule has 0 saturated heterocycles. The van der Waals surface area contributed by atoms with Crippen LogP contribution in [0, 0.1) is 12.7 Å². The highest BCUT2D eigenvalue weighted by molar-refractivity contribution is 5.35. The first-order chi connectivity index (χ1) is 7.69. The van der Waals surface area contributed by atoms with Crippen molar-refractivity contribution in [1.29, 1.82) is 0 Å². The fraction of sp³-hybridized carbons (Fsp3) is 0.571. The number of nitrogens with two attached hydrogens (primary N) is 1. The van der Waals surface area contributed by atoms with E-state index in [9.17, 15) is 4.39 Å². The molecule has 0 spiro atoms. The van der Waals surface area contributed by atoms with Crippen molar-refractivity contribution < 1.29 is 4.39 Å². The minimum absolute atomic E-state index is 0.0322. The first-order valence-corrected chi connectivity index (χ1v) is 6.15. The van der Waals surface area contributed by atoms with E-state index < -0.39 is 0 Å². The van der Waals surface area contributed by atoms with Crippen LogP contribution < -0.4 is 5.73 Å². The fourth-order valence-corrected chi connectivity index (χ4v) is 2.99. The molecule has 1 saturated carbocycles. The Morgan fingerprint density at radius 1 is 1.25 bits per heavy atom. The van der Waals surface area contributed by atoms with Crippen LogP contribution in [-0.4, -0.2) is 6.54 Å². The molecule has 0 aromatic heterocycles. The van der Waals surface area contributed by atoms with Crippen LogP contribution in [0.2, 0.25) is 0 Å². The summed E-state index contributed by atoms with van der Waals surface area (Å²) in [6.45, 7) is 2.51. The Morgan fingerprint density at radius 2 is 1.94 bits per heavy atom. The molecule has 0 radical (unpaired) electrons. The first-order valence-electron chi connectivity index (χ1n) is 6.15. The van der Waals surface area contributed by atoms with Crippen molar-refractivity contribution in [1.82, 2.24) is 0 Å². The van der Waals surface area contributed by atoms with Gasteiger partial charge in [0.1, 0.15) is 5.82 Å². The SMILES string of the molecule is Cc1c(F)cccc1C1(CN)CCCCC1. The molecule has 0 bridgehead atoms. The van der Waals surface area contributed by atoms with Crippen LogP contribution in [0.3, 0.4) is 0 Å². The zero-order chi connectivity index (χ0) is 11.6. The summed E-state index contributed by atoms with van der Waals surface area (Å²) in [5.74, 6) is -0.101. The summed E-state index contributed by atoms with van der Waals surface area (Å²) < 4.78 is 13.6. The van der Waals surface area contributed by atoms with Crippen LogP contribution in [0.15, 0.2) is 18.2 Å². The molecule has 0 unspecified atom stereocenters. The highest BCUT2D eigenvalue weighted by Crippen LogP contribution is 2.40. The van der Waals surface area contributed by atoms with E-state index in [1.165, 1.54) is 25.3 Å². The zero-order valence-electron chi connectivity index (χ0n) is 9.93. The summed E-state index contributed by atoms with van der Waals surface area (Å²) in [6, 6.07) is 5.39. The quantitative estimate of drug-likeness (QED) is 0.814. The number of halogens is 1. The predicted molar refractivity (Wildman–Crippen MR) is 65.0 cm³/mol. The summed E-state index contributed by atoms with van der Waals surface area (Å²) >= 11 is 0. The molecule has 1 aliphatic carbocycles. The van der Waals surface area contributed by atoms with Gasteiger partial charge in [-0.1, -0.05) is 31.4 Å². The van der Waals surface area contributed by atoms with Crippen molar-refractivity contribution in [2.45, 2.75) is 44.4 Å². The molecule has 0 amide bonds. The van der Waals surface area contributed by atoms with Crippen molar-refractivity contribution in [3.05, 3.63) is 35.1 Å². The molecular weight excluding hydrogens is 201 g/mol. The molecule has 1 aromatic carbocycles. The number of rotatable bonds is 2. The molecule has 2 rings (SSSR count).